The Balaban J connectivity index is 2.69. The molecule has 1 rings (SSSR count). The fraction of sp³-hybridized carbons (Fsp3) is 0.364. The van der Waals surface area contributed by atoms with Crippen molar-refractivity contribution in [2.75, 3.05) is 13.2 Å². The third-order valence-electron chi connectivity index (χ3n) is 1.93. The monoisotopic (exact) mass is 246 g/mol. The number of carbonyl (C=O) groups is 1. The van der Waals surface area contributed by atoms with Gasteiger partial charge in [0.2, 0.25) is 0 Å². The lowest BCUT2D eigenvalue weighted by Crippen LogP contribution is -2.05. The molecule has 15 heavy (non-hydrogen) atoms. The zero-order valence-electron chi connectivity index (χ0n) is 8.43. The van der Waals surface area contributed by atoms with E-state index in [2.05, 4.69) is 0 Å². The lowest BCUT2D eigenvalue weighted by molar-refractivity contribution is 0.0896. The summed E-state index contributed by atoms with van der Waals surface area (Å²) in [7, 11) is 0. The predicted molar refractivity (Wildman–Crippen MR) is 61.9 cm³/mol. The van der Waals surface area contributed by atoms with Crippen molar-refractivity contribution in [2.45, 2.75) is 13.3 Å². The third-order valence-corrected chi connectivity index (χ3v) is 2.75. The molecule has 0 saturated heterocycles. The molecule has 0 aliphatic carbocycles. The minimum absolute atomic E-state index is 0.0454. The van der Waals surface area contributed by atoms with Gasteiger partial charge >= 0.3 is 0 Å². The lowest BCUT2D eigenvalue weighted by atomic mass is 10.1. The van der Waals surface area contributed by atoms with E-state index in [1.807, 2.05) is 6.92 Å². The lowest BCUT2D eigenvalue weighted by Gasteiger charge is -2.04. The summed E-state index contributed by atoms with van der Waals surface area (Å²) >= 11 is 11.7. The van der Waals surface area contributed by atoms with Crippen LogP contribution in [0.2, 0.25) is 10.0 Å². The van der Waals surface area contributed by atoms with Gasteiger partial charge in [0.05, 0.1) is 16.7 Å². The van der Waals surface area contributed by atoms with Crippen LogP contribution in [0.5, 0.6) is 0 Å². The second-order valence-electron chi connectivity index (χ2n) is 2.97. The molecular weight excluding hydrogens is 235 g/mol. The van der Waals surface area contributed by atoms with Crippen molar-refractivity contribution in [1.29, 1.82) is 0 Å². The van der Waals surface area contributed by atoms with Gasteiger partial charge < -0.3 is 4.74 Å². The van der Waals surface area contributed by atoms with E-state index in [1.54, 1.807) is 18.2 Å². The number of benzene rings is 1. The van der Waals surface area contributed by atoms with E-state index in [9.17, 15) is 4.79 Å². The molecule has 0 amide bonds. The maximum Gasteiger partial charge on any atom is 0.166 e. The second-order valence-corrected chi connectivity index (χ2v) is 3.76. The summed E-state index contributed by atoms with van der Waals surface area (Å²) in [5.74, 6) is -0.0454. The summed E-state index contributed by atoms with van der Waals surface area (Å²) in [4.78, 5) is 11.7. The molecule has 0 aliphatic heterocycles. The Labute approximate surface area is 99.1 Å². The van der Waals surface area contributed by atoms with Crippen LogP contribution < -0.4 is 0 Å². The molecule has 1 aromatic carbocycles. The summed E-state index contributed by atoms with van der Waals surface area (Å²) < 4.78 is 5.10. The molecule has 0 aromatic heterocycles. The Kier molecular flexibility index (Phi) is 5.09. The van der Waals surface area contributed by atoms with E-state index in [1.165, 1.54) is 0 Å². The summed E-state index contributed by atoms with van der Waals surface area (Å²) in [6.45, 7) is 2.91. The fourth-order valence-electron chi connectivity index (χ4n) is 1.16. The molecule has 0 N–H and O–H groups in total. The maximum atomic E-state index is 11.7. The summed E-state index contributed by atoms with van der Waals surface area (Å²) in [6, 6.07) is 5.04. The largest absolute Gasteiger partial charge is 0.381 e. The minimum atomic E-state index is -0.0454. The van der Waals surface area contributed by atoms with Crippen LogP contribution in [0.1, 0.15) is 23.7 Å². The molecule has 0 spiro atoms. The van der Waals surface area contributed by atoms with Gasteiger partial charge in [0.1, 0.15) is 0 Å². The molecule has 0 bridgehead atoms. The molecular formula is C11H12Cl2O2. The zero-order chi connectivity index (χ0) is 11.3. The first-order valence-electron chi connectivity index (χ1n) is 4.71. The van der Waals surface area contributed by atoms with Crippen LogP contribution in [0.3, 0.4) is 0 Å². The van der Waals surface area contributed by atoms with Gasteiger partial charge in [-0.25, -0.2) is 0 Å². The van der Waals surface area contributed by atoms with Crippen LogP contribution in [0.4, 0.5) is 0 Å². The Bertz CT molecular complexity index is 350. The first-order valence-corrected chi connectivity index (χ1v) is 5.47. The Morgan fingerprint density at radius 1 is 1.40 bits per heavy atom. The third kappa shape index (κ3) is 3.49. The van der Waals surface area contributed by atoms with Crippen molar-refractivity contribution >= 4 is 29.0 Å². The first-order chi connectivity index (χ1) is 7.16. The highest BCUT2D eigenvalue weighted by Crippen LogP contribution is 2.26. The van der Waals surface area contributed by atoms with Gasteiger partial charge in [-0.15, -0.1) is 0 Å². The summed E-state index contributed by atoms with van der Waals surface area (Å²) in [5, 5.41) is 0.722. The molecule has 1 aromatic rings. The average Bonchev–Trinajstić information content (AvgIpc) is 2.22. The van der Waals surface area contributed by atoms with E-state index in [0.717, 1.165) is 0 Å². The van der Waals surface area contributed by atoms with Gasteiger partial charge in [-0.3, -0.25) is 4.79 Å². The van der Waals surface area contributed by atoms with Crippen molar-refractivity contribution in [3.8, 4) is 0 Å². The number of ether oxygens (including phenoxy) is 1. The van der Waals surface area contributed by atoms with Crippen LogP contribution >= 0.6 is 23.2 Å². The minimum Gasteiger partial charge on any atom is -0.381 e. The van der Waals surface area contributed by atoms with E-state index >= 15 is 0 Å². The Morgan fingerprint density at radius 3 is 2.80 bits per heavy atom. The molecule has 0 fully saturated rings. The fourth-order valence-corrected chi connectivity index (χ4v) is 1.57. The van der Waals surface area contributed by atoms with Crippen LogP contribution in [-0.4, -0.2) is 19.0 Å². The quantitative estimate of drug-likeness (QED) is 0.587. The summed E-state index contributed by atoms with van der Waals surface area (Å²) in [6.07, 6.45) is 0.327. The van der Waals surface area contributed by atoms with Crippen LogP contribution in [0.15, 0.2) is 18.2 Å². The van der Waals surface area contributed by atoms with E-state index < -0.39 is 0 Å². The van der Waals surface area contributed by atoms with Crippen molar-refractivity contribution in [1.82, 2.24) is 0 Å². The van der Waals surface area contributed by atoms with E-state index in [4.69, 9.17) is 27.9 Å². The van der Waals surface area contributed by atoms with Crippen LogP contribution in [0, 0.1) is 0 Å². The van der Waals surface area contributed by atoms with Crippen LogP contribution in [-0.2, 0) is 4.74 Å². The normalized spacial score (nSPS) is 10.3. The smallest absolute Gasteiger partial charge is 0.166 e. The Morgan fingerprint density at radius 2 is 2.13 bits per heavy atom. The van der Waals surface area contributed by atoms with Gasteiger partial charge in [0.15, 0.2) is 5.78 Å². The number of carbonyl (C=O) groups excluding carboxylic acids is 1. The average molecular weight is 247 g/mol. The van der Waals surface area contributed by atoms with Gasteiger partial charge in [0.25, 0.3) is 0 Å². The highest BCUT2D eigenvalue weighted by Gasteiger charge is 2.11. The highest BCUT2D eigenvalue weighted by molar-refractivity contribution is 6.43. The van der Waals surface area contributed by atoms with Gasteiger partial charge in [0, 0.05) is 18.6 Å². The standard InChI is InChI=1S/C11H12Cl2O2/c1-2-15-7-6-10(14)8-4-3-5-9(12)11(8)13/h3-5H,2,6-7H2,1H3. The molecule has 0 saturated carbocycles. The number of hydrogen-bond acceptors (Lipinski definition) is 2. The topological polar surface area (TPSA) is 26.3 Å². The molecule has 2 nitrogen and oxygen atoms in total. The van der Waals surface area contributed by atoms with Gasteiger partial charge in [-0.2, -0.15) is 0 Å². The number of halogens is 2. The molecule has 0 atom stereocenters. The van der Waals surface area contributed by atoms with Crippen molar-refractivity contribution in [2.24, 2.45) is 0 Å². The number of rotatable bonds is 5. The first kappa shape index (κ1) is 12.5. The van der Waals surface area contributed by atoms with Gasteiger partial charge in [-0.05, 0) is 19.1 Å². The Hall–Kier alpha value is -0.570. The van der Waals surface area contributed by atoms with Crippen molar-refractivity contribution in [3.63, 3.8) is 0 Å². The molecule has 82 valence electrons. The number of hydrogen-bond donors (Lipinski definition) is 0. The molecule has 4 heteroatoms. The predicted octanol–water partition coefficient (Wildman–Crippen LogP) is 3.60. The maximum absolute atomic E-state index is 11.7. The highest BCUT2D eigenvalue weighted by atomic mass is 35.5. The zero-order valence-corrected chi connectivity index (χ0v) is 9.94. The van der Waals surface area contributed by atoms with Crippen LogP contribution in [0.25, 0.3) is 0 Å². The second kappa shape index (κ2) is 6.11. The molecule has 0 unspecified atom stereocenters. The van der Waals surface area contributed by atoms with Gasteiger partial charge in [-0.1, -0.05) is 29.3 Å². The van der Waals surface area contributed by atoms with Crippen molar-refractivity contribution < 1.29 is 9.53 Å². The SMILES string of the molecule is CCOCCC(=O)c1cccc(Cl)c1Cl. The van der Waals surface area contributed by atoms with E-state index in [0.29, 0.717) is 35.2 Å². The molecule has 0 heterocycles. The molecule has 0 aliphatic rings. The molecule has 0 radical (unpaired) electrons. The number of ketones is 1. The van der Waals surface area contributed by atoms with Crippen molar-refractivity contribution in [3.05, 3.63) is 33.8 Å². The van der Waals surface area contributed by atoms with E-state index in [-0.39, 0.29) is 5.78 Å². The summed E-state index contributed by atoms with van der Waals surface area (Å²) in [5.41, 5.74) is 0.462. The number of Topliss-reactive ketones (excluding diaryl/α,β-unsaturated/α-hetero) is 1.